The van der Waals surface area contributed by atoms with Crippen LogP contribution in [0.3, 0.4) is 0 Å². The Kier molecular flexibility index (Phi) is 6.91. The molecule has 5 nitrogen and oxygen atoms in total. The van der Waals surface area contributed by atoms with Gasteiger partial charge in [0.1, 0.15) is 0 Å². The van der Waals surface area contributed by atoms with Crippen molar-refractivity contribution in [3.8, 4) is 0 Å². The molecule has 0 heterocycles. The highest BCUT2D eigenvalue weighted by Gasteiger charge is 2.12. The maximum absolute atomic E-state index is 13.0. The first-order valence-corrected chi connectivity index (χ1v) is 6.97. The summed E-state index contributed by atoms with van der Waals surface area (Å²) in [5, 5.41) is 14.4. The highest BCUT2D eigenvalue weighted by atomic mass is 19.2. The quantitative estimate of drug-likeness (QED) is 0.708. The van der Waals surface area contributed by atoms with E-state index in [4.69, 9.17) is 0 Å². The summed E-state index contributed by atoms with van der Waals surface area (Å²) < 4.78 is 25.7. The van der Waals surface area contributed by atoms with Crippen molar-refractivity contribution in [2.24, 2.45) is 5.92 Å². The summed E-state index contributed by atoms with van der Waals surface area (Å²) in [5.74, 6) is -3.03. The van der Waals surface area contributed by atoms with Gasteiger partial charge in [-0.3, -0.25) is 9.59 Å². The standard InChI is InChI=1S/C15H20F2N2O3/c1-9(2)5-11(20)7-18-14(21)8-19-15(22)10-3-4-12(16)13(17)6-10/h3-4,6,9,11,20H,5,7-8H2,1-2H3,(H,18,21)(H,19,22). The lowest BCUT2D eigenvalue weighted by Crippen LogP contribution is -2.40. The van der Waals surface area contributed by atoms with Crippen LogP contribution in [0, 0.1) is 17.6 Å². The smallest absolute Gasteiger partial charge is 0.251 e. The molecule has 1 aromatic rings. The van der Waals surface area contributed by atoms with Crippen LogP contribution in [0.2, 0.25) is 0 Å². The summed E-state index contributed by atoms with van der Waals surface area (Å²) in [6, 6.07) is 2.72. The molecule has 1 unspecified atom stereocenters. The number of aliphatic hydroxyl groups excluding tert-OH is 1. The summed E-state index contributed by atoms with van der Waals surface area (Å²) >= 11 is 0. The van der Waals surface area contributed by atoms with E-state index >= 15 is 0 Å². The zero-order chi connectivity index (χ0) is 16.7. The Morgan fingerprint density at radius 2 is 1.86 bits per heavy atom. The van der Waals surface area contributed by atoms with Crippen LogP contribution < -0.4 is 10.6 Å². The Labute approximate surface area is 127 Å². The minimum atomic E-state index is -1.13. The van der Waals surface area contributed by atoms with E-state index in [0.717, 1.165) is 18.2 Å². The fourth-order valence-corrected chi connectivity index (χ4v) is 1.82. The molecule has 0 saturated carbocycles. The van der Waals surface area contributed by atoms with Crippen molar-refractivity contribution in [2.75, 3.05) is 13.1 Å². The average molecular weight is 314 g/mol. The van der Waals surface area contributed by atoms with Gasteiger partial charge in [-0.25, -0.2) is 8.78 Å². The molecule has 7 heteroatoms. The van der Waals surface area contributed by atoms with Gasteiger partial charge in [0, 0.05) is 12.1 Å². The molecular weight excluding hydrogens is 294 g/mol. The fourth-order valence-electron chi connectivity index (χ4n) is 1.82. The third-order valence-electron chi connectivity index (χ3n) is 2.87. The summed E-state index contributed by atoms with van der Waals surface area (Å²) in [5.41, 5.74) is -0.0773. The number of aliphatic hydroxyl groups is 1. The lowest BCUT2D eigenvalue weighted by Gasteiger charge is -2.14. The second-order valence-electron chi connectivity index (χ2n) is 5.40. The van der Waals surface area contributed by atoms with Crippen molar-refractivity contribution in [3.63, 3.8) is 0 Å². The van der Waals surface area contributed by atoms with Crippen molar-refractivity contribution >= 4 is 11.8 Å². The average Bonchev–Trinajstić information content (AvgIpc) is 2.44. The zero-order valence-corrected chi connectivity index (χ0v) is 12.5. The van der Waals surface area contributed by atoms with Gasteiger partial charge in [0.15, 0.2) is 11.6 Å². The molecule has 0 aliphatic rings. The second-order valence-corrected chi connectivity index (χ2v) is 5.40. The number of carbonyl (C=O) groups excluding carboxylic acids is 2. The molecule has 122 valence electrons. The normalized spacial score (nSPS) is 12.1. The summed E-state index contributed by atoms with van der Waals surface area (Å²) in [4.78, 5) is 23.2. The maximum Gasteiger partial charge on any atom is 0.251 e. The molecule has 1 atom stereocenters. The van der Waals surface area contributed by atoms with Crippen LogP contribution in [0.15, 0.2) is 18.2 Å². The molecule has 1 aromatic carbocycles. The molecule has 0 spiro atoms. The van der Waals surface area contributed by atoms with E-state index in [1.165, 1.54) is 0 Å². The van der Waals surface area contributed by atoms with Gasteiger partial charge in [-0.2, -0.15) is 0 Å². The van der Waals surface area contributed by atoms with Crippen LogP contribution in [0.5, 0.6) is 0 Å². The number of hydrogen-bond donors (Lipinski definition) is 3. The Bertz CT molecular complexity index is 536. The van der Waals surface area contributed by atoms with E-state index in [0.29, 0.717) is 12.3 Å². The van der Waals surface area contributed by atoms with Crippen molar-refractivity contribution < 1.29 is 23.5 Å². The summed E-state index contributed by atoms with van der Waals surface area (Å²) in [6.45, 7) is 3.68. The number of hydrogen-bond acceptors (Lipinski definition) is 3. The number of halogens is 2. The Morgan fingerprint density at radius 3 is 2.45 bits per heavy atom. The van der Waals surface area contributed by atoms with E-state index in [2.05, 4.69) is 10.6 Å². The third-order valence-corrected chi connectivity index (χ3v) is 2.87. The van der Waals surface area contributed by atoms with E-state index in [1.807, 2.05) is 13.8 Å². The van der Waals surface area contributed by atoms with E-state index in [1.54, 1.807) is 0 Å². The molecule has 1 rings (SSSR count). The van der Waals surface area contributed by atoms with Crippen LogP contribution in [0.25, 0.3) is 0 Å². The highest BCUT2D eigenvalue weighted by molar-refractivity contribution is 5.96. The van der Waals surface area contributed by atoms with Crippen LogP contribution in [-0.4, -0.2) is 36.1 Å². The van der Waals surface area contributed by atoms with E-state index in [-0.39, 0.29) is 18.7 Å². The molecule has 0 aliphatic heterocycles. The predicted octanol–water partition coefficient (Wildman–Crippen LogP) is 1.22. The second kappa shape index (κ2) is 8.43. The summed E-state index contributed by atoms with van der Waals surface area (Å²) in [6.07, 6.45) is -0.0903. The molecule has 0 saturated heterocycles. The van der Waals surface area contributed by atoms with Crippen LogP contribution in [0.4, 0.5) is 8.78 Å². The minimum absolute atomic E-state index is 0.0773. The monoisotopic (exact) mass is 314 g/mol. The number of carbonyl (C=O) groups is 2. The molecule has 0 bridgehead atoms. The van der Waals surface area contributed by atoms with Gasteiger partial charge < -0.3 is 15.7 Å². The van der Waals surface area contributed by atoms with Crippen LogP contribution in [0.1, 0.15) is 30.6 Å². The Hall–Kier alpha value is -2.02. The lowest BCUT2D eigenvalue weighted by molar-refractivity contribution is -0.120. The van der Waals surface area contributed by atoms with Gasteiger partial charge in [0.2, 0.25) is 5.91 Å². The molecule has 0 radical (unpaired) electrons. The fraction of sp³-hybridized carbons (Fsp3) is 0.467. The zero-order valence-electron chi connectivity index (χ0n) is 12.5. The number of rotatable bonds is 7. The van der Waals surface area contributed by atoms with Crippen LogP contribution >= 0.6 is 0 Å². The summed E-state index contributed by atoms with van der Waals surface area (Å²) in [7, 11) is 0. The number of amides is 2. The maximum atomic E-state index is 13.0. The molecule has 2 amide bonds. The molecule has 0 aromatic heterocycles. The predicted molar refractivity (Wildman–Crippen MR) is 77.2 cm³/mol. The Morgan fingerprint density at radius 1 is 1.18 bits per heavy atom. The topological polar surface area (TPSA) is 78.4 Å². The molecule has 3 N–H and O–H groups in total. The molecular formula is C15H20F2N2O3. The number of benzene rings is 1. The van der Waals surface area contributed by atoms with E-state index in [9.17, 15) is 23.5 Å². The van der Waals surface area contributed by atoms with Crippen molar-refractivity contribution in [3.05, 3.63) is 35.4 Å². The lowest BCUT2D eigenvalue weighted by atomic mass is 10.1. The third kappa shape index (κ3) is 6.17. The van der Waals surface area contributed by atoms with Crippen molar-refractivity contribution in [1.82, 2.24) is 10.6 Å². The van der Waals surface area contributed by atoms with Crippen molar-refractivity contribution in [2.45, 2.75) is 26.4 Å². The van der Waals surface area contributed by atoms with Crippen molar-refractivity contribution in [1.29, 1.82) is 0 Å². The van der Waals surface area contributed by atoms with Gasteiger partial charge in [0.25, 0.3) is 5.91 Å². The minimum Gasteiger partial charge on any atom is -0.391 e. The van der Waals surface area contributed by atoms with Gasteiger partial charge in [-0.1, -0.05) is 13.8 Å². The SMILES string of the molecule is CC(C)CC(O)CNC(=O)CNC(=O)c1ccc(F)c(F)c1. The molecule has 0 fully saturated rings. The largest absolute Gasteiger partial charge is 0.391 e. The molecule has 22 heavy (non-hydrogen) atoms. The van der Waals surface area contributed by atoms with Gasteiger partial charge in [0.05, 0.1) is 12.6 Å². The first kappa shape index (κ1) is 18.0. The molecule has 0 aliphatic carbocycles. The number of nitrogens with one attached hydrogen (secondary N) is 2. The van der Waals surface area contributed by atoms with E-state index < -0.39 is 29.6 Å². The van der Waals surface area contributed by atoms with Gasteiger partial charge >= 0.3 is 0 Å². The van der Waals surface area contributed by atoms with Crippen LogP contribution in [-0.2, 0) is 4.79 Å². The van der Waals surface area contributed by atoms with Gasteiger partial charge in [-0.15, -0.1) is 0 Å². The first-order chi connectivity index (χ1) is 10.3. The first-order valence-electron chi connectivity index (χ1n) is 6.97. The Balaban J connectivity index is 2.37. The van der Waals surface area contributed by atoms with Gasteiger partial charge in [-0.05, 0) is 30.5 Å². The highest BCUT2D eigenvalue weighted by Crippen LogP contribution is 2.08.